The number of nitrogens with zero attached hydrogens (tertiary/aromatic N) is 4. The molecule has 7 nitrogen and oxygen atoms in total. The SMILES string of the molecule is CCNc1ncc2c(n1)N1CCCC1CN(Cc1ccc(N)cc1)C2=O. The average molecular weight is 352 g/mol. The Morgan fingerprint density at radius 1 is 1.31 bits per heavy atom. The van der Waals surface area contributed by atoms with Crippen molar-refractivity contribution in [2.75, 3.05) is 35.6 Å². The highest BCUT2D eigenvalue weighted by Gasteiger charge is 2.36. The Kier molecular flexibility index (Phi) is 4.36. The maximum Gasteiger partial charge on any atom is 0.259 e. The van der Waals surface area contributed by atoms with Gasteiger partial charge in [-0.15, -0.1) is 0 Å². The quantitative estimate of drug-likeness (QED) is 0.820. The first-order valence-electron chi connectivity index (χ1n) is 9.17. The Morgan fingerprint density at radius 3 is 2.88 bits per heavy atom. The summed E-state index contributed by atoms with van der Waals surface area (Å²) in [4.78, 5) is 26.3. The van der Waals surface area contributed by atoms with E-state index in [-0.39, 0.29) is 5.91 Å². The molecular formula is C19H24N6O. The van der Waals surface area contributed by atoms with Crippen molar-refractivity contribution in [2.45, 2.75) is 32.4 Å². The Labute approximate surface area is 153 Å². The summed E-state index contributed by atoms with van der Waals surface area (Å²) in [5, 5.41) is 3.14. The first kappa shape index (κ1) is 16.6. The lowest BCUT2D eigenvalue weighted by Crippen LogP contribution is -2.39. The Morgan fingerprint density at radius 2 is 2.12 bits per heavy atom. The standard InChI is InChI=1S/C19H24N6O/c1-2-21-19-22-10-16-17(23-19)25-9-3-4-15(25)12-24(18(16)26)11-13-5-7-14(20)8-6-13/h5-8,10,15H,2-4,9,11-12,20H2,1H3,(H,21,22,23). The second kappa shape index (κ2) is 6.82. The summed E-state index contributed by atoms with van der Waals surface area (Å²) in [7, 11) is 0. The maximum atomic E-state index is 13.2. The minimum atomic E-state index is -0.00530. The number of nitrogens with one attached hydrogen (secondary N) is 1. The monoisotopic (exact) mass is 352 g/mol. The van der Waals surface area contributed by atoms with Crippen LogP contribution in [0.2, 0.25) is 0 Å². The van der Waals surface area contributed by atoms with Crippen LogP contribution in [0.3, 0.4) is 0 Å². The normalized spacial score (nSPS) is 19.1. The molecule has 1 aromatic heterocycles. The van der Waals surface area contributed by atoms with Crippen molar-refractivity contribution >= 4 is 23.4 Å². The van der Waals surface area contributed by atoms with E-state index in [1.54, 1.807) is 6.20 Å². The molecule has 1 amide bonds. The Bertz CT molecular complexity index is 806. The molecule has 0 spiro atoms. The summed E-state index contributed by atoms with van der Waals surface area (Å²) in [5.41, 5.74) is 8.17. The topological polar surface area (TPSA) is 87.4 Å². The summed E-state index contributed by atoms with van der Waals surface area (Å²) < 4.78 is 0. The van der Waals surface area contributed by atoms with Crippen molar-refractivity contribution in [1.29, 1.82) is 0 Å². The lowest BCUT2D eigenvalue weighted by atomic mass is 10.1. The van der Waals surface area contributed by atoms with E-state index in [4.69, 9.17) is 5.73 Å². The predicted molar refractivity (Wildman–Crippen MR) is 102 cm³/mol. The van der Waals surface area contributed by atoms with Gasteiger partial charge in [0, 0.05) is 44.1 Å². The van der Waals surface area contributed by atoms with Crippen LogP contribution in [-0.4, -0.2) is 46.5 Å². The van der Waals surface area contributed by atoms with Crippen molar-refractivity contribution < 1.29 is 4.79 Å². The first-order valence-corrected chi connectivity index (χ1v) is 9.17. The predicted octanol–water partition coefficient (Wildman–Crippen LogP) is 2.12. The minimum Gasteiger partial charge on any atom is -0.399 e. The van der Waals surface area contributed by atoms with Gasteiger partial charge in [-0.05, 0) is 37.5 Å². The number of hydrogen-bond acceptors (Lipinski definition) is 6. The van der Waals surface area contributed by atoms with Crippen LogP contribution < -0.4 is 16.0 Å². The number of benzene rings is 1. The average Bonchev–Trinajstić information content (AvgIpc) is 3.07. The molecule has 3 N–H and O–H groups in total. The molecule has 4 rings (SSSR count). The second-order valence-electron chi connectivity index (χ2n) is 6.88. The number of nitrogens with two attached hydrogens (primary N) is 1. The number of carbonyl (C=O) groups excluding carboxylic acids is 1. The van der Waals surface area contributed by atoms with Gasteiger partial charge in [-0.1, -0.05) is 12.1 Å². The molecule has 1 fully saturated rings. The van der Waals surface area contributed by atoms with E-state index in [9.17, 15) is 4.79 Å². The minimum absolute atomic E-state index is 0.00530. The van der Waals surface area contributed by atoms with Crippen LogP contribution in [0.1, 0.15) is 35.7 Å². The summed E-state index contributed by atoms with van der Waals surface area (Å²) in [6.07, 6.45) is 3.86. The van der Waals surface area contributed by atoms with E-state index in [2.05, 4.69) is 20.2 Å². The van der Waals surface area contributed by atoms with Gasteiger partial charge >= 0.3 is 0 Å². The van der Waals surface area contributed by atoms with E-state index in [1.165, 1.54) is 0 Å². The summed E-state index contributed by atoms with van der Waals surface area (Å²) in [6, 6.07) is 8.01. The number of amides is 1. The zero-order valence-corrected chi connectivity index (χ0v) is 15.0. The smallest absolute Gasteiger partial charge is 0.259 e. The van der Waals surface area contributed by atoms with Gasteiger partial charge in [-0.2, -0.15) is 4.98 Å². The van der Waals surface area contributed by atoms with Crippen LogP contribution >= 0.6 is 0 Å². The number of hydrogen-bond donors (Lipinski definition) is 2. The zero-order valence-electron chi connectivity index (χ0n) is 15.0. The number of aromatic nitrogens is 2. The van der Waals surface area contributed by atoms with Gasteiger partial charge in [-0.25, -0.2) is 4.98 Å². The van der Waals surface area contributed by atoms with Crippen LogP contribution in [-0.2, 0) is 6.54 Å². The fourth-order valence-electron chi connectivity index (χ4n) is 3.78. The molecule has 26 heavy (non-hydrogen) atoms. The Balaban J connectivity index is 1.68. The fraction of sp³-hybridized carbons (Fsp3) is 0.421. The molecular weight excluding hydrogens is 328 g/mol. The van der Waals surface area contributed by atoms with Gasteiger partial charge < -0.3 is 20.9 Å². The zero-order chi connectivity index (χ0) is 18.1. The van der Waals surface area contributed by atoms with Crippen LogP contribution in [0.25, 0.3) is 0 Å². The summed E-state index contributed by atoms with van der Waals surface area (Å²) in [5.74, 6) is 1.34. The van der Waals surface area contributed by atoms with Crippen LogP contribution in [0.5, 0.6) is 0 Å². The van der Waals surface area contributed by atoms with E-state index in [0.29, 0.717) is 30.6 Å². The number of carbonyl (C=O) groups is 1. The molecule has 1 saturated heterocycles. The molecule has 7 heteroatoms. The van der Waals surface area contributed by atoms with Crippen LogP contribution in [0, 0.1) is 0 Å². The van der Waals surface area contributed by atoms with Crippen LogP contribution in [0.15, 0.2) is 30.5 Å². The number of rotatable bonds is 4. The third-order valence-corrected chi connectivity index (χ3v) is 5.05. The van der Waals surface area contributed by atoms with Gasteiger partial charge in [-0.3, -0.25) is 4.79 Å². The maximum absolute atomic E-state index is 13.2. The molecule has 2 aliphatic heterocycles. The van der Waals surface area contributed by atoms with Crippen molar-refractivity contribution in [2.24, 2.45) is 0 Å². The fourth-order valence-corrected chi connectivity index (χ4v) is 3.78. The second-order valence-corrected chi connectivity index (χ2v) is 6.88. The first-order chi connectivity index (χ1) is 12.7. The highest BCUT2D eigenvalue weighted by molar-refractivity contribution is 5.99. The molecule has 0 aliphatic carbocycles. The lowest BCUT2D eigenvalue weighted by molar-refractivity contribution is 0.0741. The van der Waals surface area contributed by atoms with E-state index < -0.39 is 0 Å². The molecule has 1 aromatic carbocycles. The molecule has 3 heterocycles. The van der Waals surface area contributed by atoms with Gasteiger partial charge in [0.15, 0.2) is 0 Å². The molecule has 136 valence electrons. The largest absolute Gasteiger partial charge is 0.399 e. The number of anilines is 3. The lowest BCUT2D eigenvalue weighted by Gasteiger charge is -2.27. The molecule has 2 aliphatic rings. The molecule has 0 radical (unpaired) electrons. The van der Waals surface area contributed by atoms with Gasteiger partial charge in [0.2, 0.25) is 5.95 Å². The van der Waals surface area contributed by atoms with Crippen LogP contribution in [0.4, 0.5) is 17.5 Å². The number of nitrogen functional groups attached to an aromatic ring is 1. The summed E-state index contributed by atoms with van der Waals surface area (Å²) in [6.45, 7) is 4.96. The Hall–Kier alpha value is -2.83. The molecule has 2 aromatic rings. The third kappa shape index (κ3) is 3.05. The highest BCUT2D eigenvalue weighted by Crippen LogP contribution is 2.32. The molecule has 1 unspecified atom stereocenters. The number of fused-ring (bicyclic) bond motifs is 3. The molecule has 0 saturated carbocycles. The van der Waals surface area contributed by atoms with Crippen molar-refractivity contribution in [3.05, 3.63) is 41.6 Å². The molecule has 1 atom stereocenters. The van der Waals surface area contributed by atoms with E-state index >= 15 is 0 Å². The van der Waals surface area contributed by atoms with Crippen molar-refractivity contribution in [3.63, 3.8) is 0 Å². The summed E-state index contributed by atoms with van der Waals surface area (Å²) >= 11 is 0. The van der Waals surface area contributed by atoms with Gasteiger partial charge in [0.25, 0.3) is 5.91 Å². The third-order valence-electron chi connectivity index (χ3n) is 5.05. The highest BCUT2D eigenvalue weighted by atomic mass is 16.2. The van der Waals surface area contributed by atoms with Gasteiger partial charge in [0.05, 0.1) is 0 Å². The van der Waals surface area contributed by atoms with E-state index in [0.717, 1.165) is 43.0 Å². The van der Waals surface area contributed by atoms with Crippen molar-refractivity contribution in [1.82, 2.24) is 14.9 Å². The van der Waals surface area contributed by atoms with Crippen molar-refractivity contribution in [3.8, 4) is 0 Å². The van der Waals surface area contributed by atoms with Gasteiger partial charge in [0.1, 0.15) is 11.4 Å². The van der Waals surface area contributed by atoms with E-state index in [1.807, 2.05) is 36.1 Å². The molecule has 0 bridgehead atoms.